The van der Waals surface area contributed by atoms with Crippen molar-refractivity contribution in [2.24, 2.45) is 0 Å². The minimum Gasteiger partial charge on any atom is -0.481 e. The number of carbonyl (C=O) groups is 1. The molecule has 0 amide bonds. The fourth-order valence-corrected chi connectivity index (χ4v) is 1.13. The van der Waals surface area contributed by atoms with Crippen LogP contribution in [-0.2, 0) is 4.79 Å². The van der Waals surface area contributed by atoms with E-state index in [0.29, 0.717) is 0 Å². The summed E-state index contributed by atoms with van der Waals surface area (Å²) in [7, 11) is 1.23. The van der Waals surface area contributed by atoms with Crippen molar-refractivity contribution in [2.75, 3.05) is 7.11 Å². The van der Waals surface area contributed by atoms with Gasteiger partial charge in [0.1, 0.15) is 11.9 Å². The van der Waals surface area contributed by atoms with Gasteiger partial charge in [0.15, 0.2) is 6.10 Å². The van der Waals surface area contributed by atoms with Crippen molar-refractivity contribution in [2.45, 2.75) is 12.2 Å². The van der Waals surface area contributed by atoms with Crippen LogP contribution in [-0.4, -0.2) is 39.5 Å². The van der Waals surface area contributed by atoms with Crippen molar-refractivity contribution in [3.05, 3.63) is 23.6 Å². The number of aliphatic carboxylic acids is 1. The first-order valence-electron chi connectivity index (χ1n) is 4.25. The average Bonchev–Trinajstić information content (AvgIpc) is 2.26. The van der Waals surface area contributed by atoms with E-state index in [4.69, 9.17) is 14.9 Å². The molecule has 1 heterocycles. The van der Waals surface area contributed by atoms with Crippen molar-refractivity contribution >= 4 is 5.97 Å². The van der Waals surface area contributed by atoms with Crippen molar-refractivity contribution in [1.29, 1.82) is 0 Å². The highest BCUT2D eigenvalue weighted by Crippen LogP contribution is 2.25. The van der Waals surface area contributed by atoms with Crippen LogP contribution < -0.4 is 4.74 Å². The van der Waals surface area contributed by atoms with E-state index in [0.717, 1.165) is 12.3 Å². The molecule has 2 unspecified atom stereocenters. The van der Waals surface area contributed by atoms with Crippen LogP contribution >= 0.6 is 0 Å². The minimum absolute atomic E-state index is 0.144. The summed E-state index contributed by atoms with van der Waals surface area (Å²) in [6, 6.07) is 0.850. The fraction of sp³-hybridized carbons (Fsp3) is 0.333. The molecule has 0 bridgehead atoms. The first-order valence-corrected chi connectivity index (χ1v) is 4.25. The van der Waals surface area contributed by atoms with Gasteiger partial charge in [-0.05, 0) is 6.07 Å². The smallest absolute Gasteiger partial charge is 0.335 e. The molecule has 0 saturated heterocycles. The summed E-state index contributed by atoms with van der Waals surface area (Å²) in [6.45, 7) is 0. The molecule has 0 fully saturated rings. The van der Waals surface area contributed by atoms with Crippen molar-refractivity contribution in [3.63, 3.8) is 0 Å². The molecule has 0 aliphatic rings. The van der Waals surface area contributed by atoms with E-state index in [-0.39, 0.29) is 11.4 Å². The van der Waals surface area contributed by atoms with Gasteiger partial charge in [-0.25, -0.2) is 14.2 Å². The Morgan fingerprint density at radius 1 is 1.56 bits per heavy atom. The monoisotopic (exact) mass is 231 g/mol. The maximum Gasteiger partial charge on any atom is 0.335 e. The van der Waals surface area contributed by atoms with Crippen LogP contribution in [0.5, 0.6) is 5.88 Å². The Hall–Kier alpha value is -1.73. The second-order valence-corrected chi connectivity index (χ2v) is 2.98. The number of hydrogen-bond acceptors (Lipinski definition) is 5. The lowest BCUT2D eigenvalue weighted by Crippen LogP contribution is -2.28. The molecule has 2 atom stereocenters. The Bertz CT molecular complexity index is 397. The molecule has 0 aliphatic heterocycles. The van der Waals surface area contributed by atoms with Gasteiger partial charge in [0.25, 0.3) is 0 Å². The van der Waals surface area contributed by atoms with Crippen molar-refractivity contribution in [3.8, 4) is 5.88 Å². The number of aliphatic hydroxyl groups is 2. The topological polar surface area (TPSA) is 99.9 Å². The van der Waals surface area contributed by atoms with Crippen LogP contribution in [0.1, 0.15) is 11.7 Å². The molecule has 0 radical (unpaired) electrons. The number of pyridine rings is 1. The number of carboxylic acid groups (broad SMARTS) is 1. The molecular formula is C9H10FNO5. The van der Waals surface area contributed by atoms with E-state index < -0.39 is 24.0 Å². The minimum atomic E-state index is -2.07. The van der Waals surface area contributed by atoms with Crippen LogP contribution in [0.3, 0.4) is 0 Å². The van der Waals surface area contributed by atoms with Crippen LogP contribution in [0.4, 0.5) is 4.39 Å². The van der Waals surface area contributed by atoms with Crippen LogP contribution in [0, 0.1) is 5.82 Å². The lowest BCUT2D eigenvalue weighted by atomic mass is 10.1. The highest BCUT2D eigenvalue weighted by atomic mass is 19.1. The Morgan fingerprint density at radius 2 is 2.19 bits per heavy atom. The second-order valence-electron chi connectivity index (χ2n) is 2.98. The summed E-state index contributed by atoms with van der Waals surface area (Å²) in [6.07, 6.45) is -3.03. The molecule has 0 saturated carbocycles. The van der Waals surface area contributed by atoms with E-state index in [2.05, 4.69) is 4.98 Å². The predicted octanol–water partition coefficient (Wildman–Crippen LogP) is -0.292. The molecule has 0 spiro atoms. The van der Waals surface area contributed by atoms with Crippen molar-refractivity contribution < 1.29 is 29.2 Å². The molecule has 1 aromatic rings. The van der Waals surface area contributed by atoms with Crippen LogP contribution in [0.25, 0.3) is 0 Å². The summed E-state index contributed by atoms with van der Waals surface area (Å²) >= 11 is 0. The zero-order valence-corrected chi connectivity index (χ0v) is 8.29. The third kappa shape index (κ3) is 2.44. The quantitative estimate of drug-likeness (QED) is 0.658. The van der Waals surface area contributed by atoms with Gasteiger partial charge < -0.3 is 20.1 Å². The van der Waals surface area contributed by atoms with Gasteiger partial charge in [-0.1, -0.05) is 0 Å². The normalized spacial score (nSPS) is 14.2. The molecule has 1 rings (SSSR count). The predicted molar refractivity (Wildman–Crippen MR) is 49.3 cm³/mol. The van der Waals surface area contributed by atoms with E-state index in [9.17, 15) is 14.3 Å². The SMILES string of the molecule is COc1ncc(F)cc1C(O)C(O)C(=O)O. The summed E-state index contributed by atoms with van der Waals surface area (Å²) < 4.78 is 17.6. The van der Waals surface area contributed by atoms with Crippen LogP contribution in [0.2, 0.25) is 0 Å². The molecule has 3 N–H and O–H groups in total. The van der Waals surface area contributed by atoms with Gasteiger partial charge in [0, 0.05) is 5.56 Å². The van der Waals surface area contributed by atoms with Gasteiger partial charge in [0.05, 0.1) is 13.3 Å². The molecule has 0 aliphatic carbocycles. The van der Waals surface area contributed by atoms with Gasteiger partial charge in [-0.2, -0.15) is 0 Å². The number of hydrogen-bond donors (Lipinski definition) is 3. The third-order valence-electron chi connectivity index (χ3n) is 1.91. The first-order chi connectivity index (χ1) is 7.47. The van der Waals surface area contributed by atoms with Crippen molar-refractivity contribution in [1.82, 2.24) is 4.98 Å². The lowest BCUT2D eigenvalue weighted by molar-refractivity contribution is -0.153. The summed E-state index contributed by atoms with van der Waals surface area (Å²) in [4.78, 5) is 13.9. The van der Waals surface area contributed by atoms with E-state index in [1.54, 1.807) is 0 Å². The number of aromatic nitrogens is 1. The zero-order chi connectivity index (χ0) is 12.3. The first kappa shape index (κ1) is 12.3. The summed E-state index contributed by atoms with van der Waals surface area (Å²) in [5, 5.41) is 27.1. The Kier molecular flexibility index (Phi) is 3.75. The maximum atomic E-state index is 12.9. The van der Waals surface area contributed by atoms with E-state index in [1.165, 1.54) is 7.11 Å². The van der Waals surface area contributed by atoms with Crippen LogP contribution in [0.15, 0.2) is 12.3 Å². The lowest BCUT2D eigenvalue weighted by Gasteiger charge is -2.16. The molecule has 1 aromatic heterocycles. The molecule has 16 heavy (non-hydrogen) atoms. The number of aliphatic hydroxyl groups excluding tert-OH is 2. The maximum absolute atomic E-state index is 12.9. The van der Waals surface area contributed by atoms with Gasteiger partial charge in [-0.15, -0.1) is 0 Å². The number of nitrogens with zero attached hydrogens (tertiary/aromatic N) is 1. The summed E-state index contributed by atoms with van der Waals surface area (Å²) in [5.74, 6) is -2.54. The summed E-state index contributed by atoms with van der Waals surface area (Å²) in [5.41, 5.74) is -0.225. The Labute approximate surface area is 89.9 Å². The van der Waals surface area contributed by atoms with Gasteiger partial charge >= 0.3 is 5.97 Å². The third-order valence-corrected chi connectivity index (χ3v) is 1.91. The zero-order valence-electron chi connectivity index (χ0n) is 8.29. The number of halogens is 1. The standard InChI is InChI=1S/C9H10FNO5/c1-16-8-5(2-4(10)3-11-8)6(12)7(13)9(14)15/h2-3,6-7,12-13H,1H3,(H,14,15). The number of carboxylic acids is 1. The molecule has 0 aromatic carbocycles. The Morgan fingerprint density at radius 3 is 2.69 bits per heavy atom. The molecular weight excluding hydrogens is 221 g/mol. The average molecular weight is 231 g/mol. The largest absolute Gasteiger partial charge is 0.481 e. The van der Waals surface area contributed by atoms with E-state index in [1.807, 2.05) is 0 Å². The van der Waals surface area contributed by atoms with Gasteiger partial charge in [0.2, 0.25) is 5.88 Å². The second kappa shape index (κ2) is 4.86. The highest BCUT2D eigenvalue weighted by molar-refractivity contribution is 5.73. The Balaban J connectivity index is 3.10. The highest BCUT2D eigenvalue weighted by Gasteiger charge is 2.28. The van der Waals surface area contributed by atoms with Gasteiger partial charge in [-0.3, -0.25) is 0 Å². The number of ether oxygens (including phenoxy) is 1. The molecule has 6 nitrogen and oxygen atoms in total. The fourth-order valence-electron chi connectivity index (χ4n) is 1.13. The molecule has 7 heteroatoms. The number of rotatable bonds is 4. The van der Waals surface area contributed by atoms with E-state index >= 15 is 0 Å². The number of methoxy groups -OCH3 is 1. The molecule has 88 valence electrons.